The Labute approximate surface area is 124 Å². The fraction of sp³-hybridized carbons (Fsp3) is 0.500. The van der Waals surface area contributed by atoms with Crippen molar-refractivity contribution in [1.29, 1.82) is 0 Å². The summed E-state index contributed by atoms with van der Waals surface area (Å²) in [6.45, 7) is 4.55. The zero-order chi connectivity index (χ0) is 13.5. The van der Waals surface area contributed by atoms with Crippen LogP contribution < -0.4 is 5.32 Å². The quantitative estimate of drug-likeness (QED) is 0.700. The molecule has 2 atom stereocenters. The van der Waals surface area contributed by atoms with Gasteiger partial charge in [0.05, 0.1) is 0 Å². The topological polar surface area (TPSA) is 12.0 Å². The Morgan fingerprint density at radius 1 is 1.11 bits per heavy atom. The van der Waals surface area contributed by atoms with Crippen LogP contribution in [0, 0.1) is 0 Å². The van der Waals surface area contributed by atoms with Crippen molar-refractivity contribution in [2.24, 2.45) is 0 Å². The summed E-state index contributed by atoms with van der Waals surface area (Å²) in [5, 5.41) is 8.21. The van der Waals surface area contributed by atoms with Gasteiger partial charge < -0.3 is 5.32 Å². The first kappa shape index (κ1) is 14.8. The molecule has 0 aromatic carbocycles. The minimum Gasteiger partial charge on any atom is -0.306 e. The van der Waals surface area contributed by atoms with E-state index in [0.717, 1.165) is 6.42 Å². The smallest absolute Gasteiger partial charge is 0.0465 e. The van der Waals surface area contributed by atoms with Crippen LogP contribution in [0.2, 0.25) is 0 Å². The van der Waals surface area contributed by atoms with Gasteiger partial charge in [0, 0.05) is 28.3 Å². The molecule has 2 rings (SSSR count). The number of nitrogens with one attached hydrogen (secondary N) is 1. The van der Waals surface area contributed by atoms with Crippen molar-refractivity contribution >= 4 is 22.7 Å². The summed E-state index contributed by atoms with van der Waals surface area (Å²) in [7, 11) is 0. The van der Waals surface area contributed by atoms with Gasteiger partial charge in [-0.15, -0.1) is 22.7 Å². The van der Waals surface area contributed by atoms with Crippen LogP contribution in [0.1, 0.15) is 48.9 Å². The normalized spacial score (nSPS) is 14.4. The maximum Gasteiger partial charge on any atom is 0.0465 e. The molecule has 1 nitrogen and oxygen atoms in total. The Bertz CT molecular complexity index is 433. The Balaban J connectivity index is 2.06. The summed E-state index contributed by atoms with van der Waals surface area (Å²) in [5.74, 6) is 0. The van der Waals surface area contributed by atoms with E-state index in [9.17, 15) is 0 Å². The van der Waals surface area contributed by atoms with Crippen LogP contribution in [0.3, 0.4) is 0 Å². The van der Waals surface area contributed by atoms with Gasteiger partial charge in [0.1, 0.15) is 0 Å². The van der Waals surface area contributed by atoms with E-state index in [1.54, 1.807) is 0 Å². The summed E-state index contributed by atoms with van der Waals surface area (Å²) in [5.41, 5.74) is 0. The maximum atomic E-state index is 3.86. The van der Waals surface area contributed by atoms with Crippen molar-refractivity contribution in [3.8, 4) is 0 Å². The van der Waals surface area contributed by atoms with Crippen molar-refractivity contribution in [2.75, 3.05) is 0 Å². The molecule has 0 spiro atoms. The van der Waals surface area contributed by atoms with Gasteiger partial charge in [-0.2, -0.15) is 0 Å². The van der Waals surface area contributed by atoms with Gasteiger partial charge in [0.15, 0.2) is 0 Å². The summed E-state index contributed by atoms with van der Waals surface area (Å²) >= 11 is 3.73. The molecule has 0 aliphatic rings. The molecule has 2 heterocycles. The summed E-state index contributed by atoms with van der Waals surface area (Å²) < 4.78 is 0. The molecule has 0 aliphatic carbocycles. The zero-order valence-corrected chi connectivity index (χ0v) is 13.4. The molecule has 0 aliphatic heterocycles. The summed E-state index contributed by atoms with van der Waals surface area (Å²) in [6.07, 6.45) is 4.84. The van der Waals surface area contributed by atoms with Crippen LogP contribution in [-0.2, 0) is 6.42 Å². The Hall–Kier alpha value is -0.640. The van der Waals surface area contributed by atoms with Gasteiger partial charge >= 0.3 is 0 Å². The SMILES string of the molecule is CCCC(CC)NC(Cc1cccs1)c1cccs1. The molecule has 3 heteroatoms. The number of hydrogen-bond donors (Lipinski definition) is 1. The monoisotopic (exact) mass is 293 g/mol. The lowest BCUT2D eigenvalue weighted by molar-refractivity contribution is 0.404. The first-order valence-corrected chi connectivity index (χ1v) is 8.91. The lowest BCUT2D eigenvalue weighted by Crippen LogP contribution is -2.33. The summed E-state index contributed by atoms with van der Waals surface area (Å²) in [4.78, 5) is 2.93. The highest BCUT2D eigenvalue weighted by Crippen LogP contribution is 2.26. The zero-order valence-electron chi connectivity index (χ0n) is 11.8. The van der Waals surface area contributed by atoms with Crippen LogP contribution >= 0.6 is 22.7 Å². The molecule has 19 heavy (non-hydrogen) atoms. The largest absolute Gasteiger partial charge is 0.306 e. The minimum atomic E-state index is 0.468. The van der Waals surface area contributed by atoms with Gasteiger partial charge in [0.2, 0.25) is 0 Å². The lowest BCUT2D eigenvalue weighted by atomic mass is 10.1. The standard InChI is InChI=1S/C16H23NS2/c1-3-7-13(4-2)17-15(16-9-6-11-19-16)12-14-8-5-10-18-14/h5-6,8-11,13,15,17H,3-4,7,12H2,1-2H3. The van der Waals surface area contributed by atoms with Gasteiger partial charge in [-0.3, -0.25) is 0 Å². The number of rotatable bonds is 8. The molecule has 2 unspecified atom stereocenters. The van der Waals surface area contributed by atoms with Gasteiger partial charge in [-0.25, -0.2) is 0 Å². The predicted molar refractivity (Wildman–Crippen MR) is 87.2 cm³/mol. The molecule has 0 radical (unpaired) electrons. The maximum absolute atomic E-state index is 3.86. The molecule has 2 aromatic heterocycles. The van der Waals surface area contributed by atoms with E-state index in [-0.39, 0.29) is 0 Å². The molecule has 104 valence electrons. The fourth-order valence-corrected chi connectivity index (χ4v) is 3.94. The number of thiophene rings is 2. The lowest BCUT2D eigenvalue weighted by Gasteiger charge is -2.24. The highest BCUT2D eigenvalue weighted by atomic mass is 32.1. The third kappa shape index (κ3) is 4.44. The van der Waals surface area contributed by atoms with E-state index < -0.39 is 0 Å². The first-order chi connectivity index (χ1) is 9.33. The minimum absolute atomic E-state index is 0.468. The second-order valence-corrected chi connectivity index (χ2v) is 6.92. The molecule has 0 saturated heterocycles. The van der Waals surface area contributed by atoms with E-state index in [2.05, 4.69) is 54.2 Å². The van der Waals surface area contributed by atoms with Crippen molar-refractivity contribution in [3.05, 3.63) is 44.8 Å². The van der Waals surface area contributed by atoms with E-state index in [1.807, 2.05) is 22.7 Å². The van der Waals surface area contributed by atoms with Crippen LogP contribution in [0.15, 0.2) is 35.0 Å². The van der Waals surface area contributed by atoms with Crippen LogP contribution in [-0.4, -0.2) is 6.04 Å². The molecule has 0 saturated carbocycles. The third-order valence-corrected chi connectivity index (χ3v) is 5.32. The van der Waals surface area contributed by atoms with Crippen LogP contribution in [0.25, 0.3) is 0 Å². The van der Waals surface area contributed by atoms with E-state index in [4.69, 9.17) is 0 Å². The van der Waals surface area contributed by atoms with Crippen LogP contribution in [0.4, 0.5) is 0 Å². The molecule has 2 aromatic rings. The molecule has 0 amide bonds. The molecular formula is C16H23NS2. The summed E-state index contributed by atoms with van der Waals surface area (Å²) in [6, 6.07) is 9.91. The van der Waals surface area contributed by atoms with Gasteiger partial charge in [-0.05, 0) is 35.7 Å². The second-order valence-electron chi connectivity index (χ2n) is 4.91. The highest BCUT2D eigenvalue weighted by Gasteiger charge is 2.17. The van der Waals surface area contributed by atoms with Crippen molar-refractivity contribution in [3.63, 3.8) is 0 Å². The van der Waals surface area contributed by atoms with E-state index in [0.29, 0.717) is 12.1 Å². The van der Waals surface area contributed by atoms with Crippen LogP contribution in [0.5, 0.6) is 0 Å². The highest BCUT2D eigenvalue weighted by molar-refractivity contribution is 7.10. The predicted octanol–water partition coefficient (Wildman–Crippen LogP) is 5.26. The van der Waals surface area contributed by atoms with Crippen molar-refractivity contribution in [2.45, 2.75) is 51.6 Å². The Morgan fingerprint density at radius 3 is 2.47 bits per heavy atom. The number of hydrogen-bond acceptors (Lipinski definition) is 3. The Kier molecular flexibility index (Phi) is 6.08. The Morgan fingerprint density at radius 2 is 1.89 bits per heavy atom. The second kappa shape index (κ2) is 7.83. The molecular weight excluding hydrogens is 270 g/mol. The molecule has 1 N–H and O–H groups in total. The fourth-order valence-electron chi connectivity index (χ4n) is 2.40. The van der Waals surface area contributed by atoms with Crippen molar-refractivity contribution in [1.82, 2.24) is 5.32 Å². The molecule has 0 bridgehead atoms. The average Bonchev–Trinajstić information content (AvgIpc) is 3.10. The van der Waals surface area contributed by atoms with Gasteiger partial charge in [-0.1, -0.05) is 32.4 Å². The van der Waals surface area contributed by atoms with Gasteiger partial charge in [0.25, 0.3) is 0 Å². The third-order valence-electron chi connectivity index (χ3n) is 3.44. The van der Waals surface area contributed by atoms with E-state index >= 15 is 0 Å². The average molecular weight is 294 g/mol. The van der Waals surface area contributed by atoms with Crippen molar-refractivity contribution < 1.29 is 0 Å². The first-order valence-electron chi connectivity index (χ1n) is 7.15. The van der Waals surface area contributed by atoms with E-state index in [1.165, 1.54) is 29.0 Å². The molecule has 0 fully saturated rings.